The molecule has 7 heteroatoms. The number of hydrogen-bond acceptors (Lipinski definition) is 3. The molecule has 0 aliphatic rings. The highest BCUT2D eigenvalue weighted by Gasteiger charge is 2.42. The summed E-state index contributed by atoms with van der Waals surface area (Å²) in [5.41, 5.74) is -2.14. The molecule has 0 fully saturated rings. The lowest BCUT2D eigenvalue weighted by Crippen LogP contribution is -2.41. The number of carbonyl (C=O) groups is 1. The van der Waals surface area contributed by atoms with Gasteiger partial charge in [0, 0.05) is 17.8 Å². The SMILES string of the molecule is CCC[C@@](F)(C(=O)NCc1ccc(F)cc1Cl)c1cccnc1O. The van der Waals surface area contributed by atoms with E-state index in [4.69, 9.17) is 11.6 Å². The second-order valence-corrected chi connectivity index (χ2v) is 5.75. The number of nitrogens with one attached hydrogen (secondary N) is 1. The topological polar surface area (TPSA) is 62.2 Å². The van der Waals surface area contributed by atoms with E-state index >= 15 is 4.39 Å². The molecule has 0 radical (unpaired) electrons. The molecule has 4 nitrogen and oxygen atoms in total. The first-order chi connectivity index (χ1) is 11.4. The van der Waals surface area contributed by atoms with E-state index in [9.17, 15) is 14.3 Å². The summed E-state index contributed by atoms with van der Waals surface area (Å²) in [4.78, 5) is 16.0. The Morgan fingerprint density at radius 1 is 1.42 bits per heavy atom. The Kier molecular flexibility index (Phi) is 5.72. The van der Waals surface area contributed by atoms with E-state index in [-0.39, 0.29) is 23.6 Å². The van der Waals surface area contributed by atoms with Gasteiger partial charge in [-0.3, -0.25) is 4.79 Å². The third-order valence-corrected chi connectivity index (χ3v) is 3.97. The van der Waals surface area contributed by atoms with E-state index in [0.29, 0.717) is 12.0 Å². The summed E-state index contributed by atoms with van der Waals surface area (Å²) in [6.07, 6.45) is 1.58. The van der Waals surface area contributed by atoms with E-state index in [2.05, 4.69) is 10.3 Å². The first-order valence-electron chi connectivity index (χ1n) is 7.44. The smallest absolute Gasteiger partial charge is 0.262 e. The molecule has 0 spiro atoms. The van der Waals surface area contributed by atoms with Gasteiger partial charge in [-0.05, 0) is 36.2 Å². The largest absolute Gasteiger partial charge is 0.493 e. The average molecular weight is 355 g/mol. The van der Waals surface area contributed by atoms with Gasteiger partial charge >= 0.3 is 0 Å². The van der Waals surface area contributed by atoms with Crippen molar-refractivity contribution in [1.29, 1.82) is 0 Å². The lowest BCUT2D eigenvalue weighted by Gasteiger charge is -2.24. The van der Waals surface area contributed by atoms with Crippen molar-refractivity contribution in [3.8, 4) is 5.88 Å². The summed E-state index contributed by atoms with van der Waals surface area (Å²) < 4.78 is 28.4. The molecule has 1 atom stereocenters. The maximum Gasteiger partial charge on any atom is 0.262 e. The van der Waals surface area contributed by atoms with Crippen LogP contribution in [0.4, 0.5) is 8.78 Å². The molecule has 0 unspecified atom stereocenters. The van der Waals surface area contributed by atoms with E-state index in [0.717, 1.165) is 6.07 Å². The highest BCUT2D eigenvalue weighted by molar-refractivity contribution is 6.31. The Morgan fingerprint density at radius 2 is 2.17 bits per heavy atom. The van der Waals surface area contributed by atoms with Gasteiger partial charge in [0.05, 0.1) is 5.56 Å². The molecule has 128 valence electrons. The number of aromatic nitrogens is 1. The van der Waals surface area contributed by atoms with Crippen LogP contribution in [0.2, 0.25) is 5.02 Å². The fraction of sp³-hybridized carbons (Fsp3) is 0.294. The number of pyridine rings is 1. The fourth-order valence-electron chi connectivity index (χ4n) is 2.40. The summed E-state index contributed by atoms with van der Waals surface area (Å²) in [5, 5.41) is 12.4. The number of rotatable bonds is 6. The van der Waals surface area contributed by atoms with E-state index in [1.165, 1.54) is 30.5 Å². The monoisotopic (exact) mass is 354 g/mol. The highest BCUT2D eigenvalue weighted by atomic mass is 35.5. The van der Waals surface area contributed by atoms with Gasteiger partial charge in [-0.2, -0.15) is 0 Å². The van der Waals surface area contributed by atoms with Gasteiger partial charge in [0.25, 0.3) is 5.91 Å². The number of benzene rings is 1. The standard InChI is InChI=1S/C17H17ClF2N2O2/c1-2-7-17(20,13-4-3-8-21-15(13)23)16(24)22-10-11-5-6-12(19)9-14(11)18/h3-6,8-9H,2,7,10H2,1H3,(H,21,23)(H,22,24)/t17-/m0/s1. The summed E-state index contributed by atoms with van der Waals surface area (Å²) in [6.45, 7) is 1.67. The molecule has 1 aromatic carbocycles. The van der Waals surface area contributed by atoms with Gasteiger partial charge in [-0.15, -0.1) is 0 Å². The van der Waals surface area contributed by atoms with Crippen molar-refractivity contribution in [1.82, 2.24) is 10.3 Å². The van der Waals surface area contributed by atoms with Gasteiger partial charge < -0.3 is 10.4 Å². The van der Waals surface area contributed by atoms with Crippen LogP contribution in [-0.4, -0.2) is 16.0 Å². The maximum atomic E-state index is 15.3. The van der Waals surface area contributed by atoms with Gasteiger partial charge in [0.15, 0.2) is 0 Å². The zero-order chi connectivity index (χ0) is 17.7. The molecule has 2 rings (SSSR count). The molecule has 24 heavy (non-hydrogen) atoms. The van der Waals surface area contributed by atoms with E-state index in [1.807, 2.05) is 0 Å². The minimum Gasteiger partial charge on any atom is -0.493 e. The summed E-state index contributed by atoms with van der Waals surface area (Å²) in [6, 6.07) is 6.50. The summed E-state index contributed by atoms with van der Waals surface area (Å²) in [5.74, 6) is -1.93. The average Bonchev–Trinajstić information content (AvgIpc) is 2.54. The van der Waals surface area contributed by atoms with Crippen LogP contribution in [0.15, 0.2) is 36.5 Å². The predicted octanol–water partition coefficient (Wildman–Crippen LogP) is 3.86. The lowest BCUT2D eigenvalue weighted by molar-refractivity contribution is -0.134. The first kappa shape index (κ1) is 18.1. The minimum absolute atomic E-state index is 0.0612. The second-order valence-electron chi connectivity index (χ2n) is 5.34. The van der Waals surface area contributed by atoms with Gasteiger partial charge in [0.2, 0.25) is 11.5 Å². The molecule has 0 saturated carbocycles. The highest BCUT2D eigenvalue weighted by Crippen LogP contribution is 2.36. The van der Waals surface area contributed by atoms with Crippen molar-refractivity contribution in [3.05, 3.63) is 58.5 Å². The number of amides is 1. The normalized spacial score (nSPS) is 13.3. The van der Waals surface area contributed by atoms with Crippen LogP contribution in [0.25, 0.3) is 0 Å². The van der Waals surface area contributed by atoms with Crippen LogP contribution >= 0.6 is 11.6 Å². The Bertz CT molecular complexity index is 742. The van der Waals surface area contributed by atoms with E-state index in [1.54, 1.807) is 6.92 Å². The van der Waals surface area contributed by atoms with Crippen molar-refractivity contribution in [3.63, 3.8) is 0 Å². The molecule has 1 amide bonds. The molecule has 2 aromatic rings. The molecule has 0 bridgehead atoms. The molecule has 0 saturated heterocycles. The van der Waals surface area contributed by atoms with Crippen LogP contribution in [0, 0.1) is 5.82 Å². The molecule has 1 heterocycles. The Balaban J connectivity index is 2.22. The third kappa shape index (κ3) is 3.82. The van der Waals surface area contributed by atoms with Crippen molar-refractivity contribution in [2.75, 3.05) is 0 Å². The Hall–Kier alpha value is -2.21. The molecule has 1 aromatic heterocycles. The fourth-order valence-corrected chi connectivity index (χ4v) is 2.64. The van der Waals surface area contributed by atoms with Crippen LogP contribution in [0.5, 0.6) is 5.88 Å². The van der Waals surface area contributed by atoms with Crippen molar-refractivity contribution in [2.24, 2.45) is 0 Å². The predicted molar refractivity (Wildman–Crippen MR) is 86.9 cm³/mol. The number of alkyl halides is 1. The van der Waals surface area contributed by atoms with Gasteiger partial charge in [0.1, 0.15) is 5.82 Å². The van der Waals surface area contributed by atoms with E-state index < -0.39 is 23.3 Å². The Labute approximate surface area is 143 Å². The minimum atomic E-state index is -2.42. The molecular formula is C17H17ClF2N2O2. The first-order valence-corrected chi connectivity index (χ1v) is 7.82. The molecule has 0 aliphatic carbocycles. The number of aromatic hydroxyl groups is 1. The lowest BCUT2D eigenvalue weighted by atomic mass is 9.90. The number of halogens is 3. The van der Waals surface area contributed by atoms with Crippen LogP contribution < -0.4 is 5.32 Å². The summed E-state index contributed by atoms with van der Waals surface area (Å²) >= 11 is 5.90. The number of nitrogens with zero attached hydrogens (tertiary/aromatic N) is 1. The zero-order valence-electron chi connectivity index (χ0n) is 13.0. The van der Waals surface area contributed by atoms with Crippen LogP contribution in [0.1, 0.15) is 30.9 Å². The molecule has 0 aliphatic heterocycles. The maximum absolute atomic E-state index is 15.3. The number of carbonyl (C=O) groups excluding carboxylic acids is 1. The molecule has 2 N–H and O–H groups in total. The third-order valence-electron chi connectivity index (χ3n) is 3.62. The summed E-state index contributed by atoms with van der Waals surface area (Å²) in [7, 11) is 0. The van der Waals surface area contributed by atoms with Crippen LogP contribution in [-0.2, 0) is 17.0 Å². The van der Waals surface area contributed by atoms with Gasteiger partial charge in [-0.1, -0.05) is 31.0 Å². The quantitative estimate of drug-likeness (QED) is 0.828. The molecular weight excluding hydrogens is 338 g/mol. The van der Waals surface area contributed by atoms with Crippen LogP contribution in [0.3, 0.4) is 0 Å². The zero-order valence-corrected chi connectivity index (χ0v) is 13.8. The van der Waals surface area contributed by atoms with Crippen molar-refractivity contribution < 1.29 is 18.7 Å². The van der Waals surface area contributed by atoms with Crippen molar-refractivity contribution >= 4 is 17.5 Å². The van der Waals surface area contributed by atoms with Crippen molar-refractivity contribution in [2.45, 2.75) is 32.0 Å². The number of hydrogen-bond donors (Lipinski definition) is 2. The Morgan fingerprint density at radius 3 is 2.79 bits per heavy atom. The second kappa shape index (κ2) is 7.57. The van der Waals surface area contributed by atoms with Gasteiger partial charge in [-0.25, -0.2) is 13.8 Å².